The fraction of sp³-hybridized carbons (Fsp3) is 0.467. The first-order valence-corrected chi connectivity index (χ1v) is 7.71. The van der Waals surface area contributed by atoms with E-state index in [2.05, 4.69) is 6.92 Å². The van der Waals surface area contributed by atoms with Crippen LogP contribution in [0.3, 0.4) is 0 Å². The van der Waals surface area contributed by atoms with Gasteiger partial charge in [-0.3, -0.25) is 4.79 Å². The quantitative estimate of drug-likeness (QED) is 0.910. The van der Waals surface area contributed by atoms with Gasteiger partial charge in [0.1, 0.15) is 0 Å². The van der Waals surface area contributed by atoms with E-state index in [9.17, 15) is 14.7 Å². The van der Waals surface area contributed by atoms with Gasteiger partial charge >= 0.3 is 5.97 Å². The minimum atomic E-state index is -1.03. The zero-order valence-electron chi connectivity index (χ0n) is 12.0. The minimum absolute atomic E-state index is 0.140. The second kappa shape index (κ2) is 5.87. The van der Waals surface area contributed by atoms with Gasteiger partial charge in [-0.25, -0.2) is 4.79 Å². The van der Waals surface area contributed by atoms with Crippen LogP contribution in [0.1, 0.15) is 38.8 Å². The minimum Gasteiger partial charge on any atom is -0.478 e. The fourth-order valence-electron chi connectivity index (χ4n) is 2.52. The van der Waals surface area contributed by atoms with Crippen molar-refractivity contribution in [2.45, 2.75) is 26.0 Å². The van der Waals surface area contributed by atoms with E-state index >= 15 is 0 Å². The van der Waals surface area contributed by atoms with Crippen molar-refractivity contribution in [1.82, 2.24) is 4.90 Å². The van der Waals surface area contributed by atoms with Crippen LogP contribution in [-0.4, -0.2) is 46.0 Å². The van der Waals surface area contributed by atoms with Gasteiger partial charge in [-0.1, -0.05) is 19.1 Å². The van der Waals surface area contributed by atoms with Crippen LogP contribution >= 0.6 is 11.8 Å². The maximum absolute atomic E-state index is 12.7. The molecule has 0 bridgehead atoms. The molecule has 1 aliphatic heterocycles. The molecule has 5 heteroatoms. The van der Waals surface area contributed by atoms with Crippen LogP contribution in [0, 0.1) is 13.8 Å². The zero-order chi connectivity index (χ0) is 14.9. The van der Waals surface area contributed by atoms with Gasteiger partial charge in [-0.15, -0.1) is 0 Å². The van der Waals surface area contributed by atoms with E-state index < -0.39 is 5.97 Å². The number of carbonyl (C=O) groups is 2. The third-order valence-electron chi connectivity index (χ3n) is 3.58. The van der Waals surface area contributed by atoms with E-state index in [1.54, 1.807) is 24.8 Å². The summed E-state index contributed by atoms with van der Waals surface area (Å²) in [5.74, 6) is -0.287. The van der Waals surface area contributed by atoms with Crippen LogP contribution < -0.4 is 0 Å². The Hall–Kier alpha value is -1.49. The molecule has 2 rings (SSSR count). The van der Waals surface area contributed by atoms with Gasteiger partial charge < -0.3 is 10.0 Å². The second-order valence-corrected chi connectivity index (χ2v) is 6.73. The molecule has 20 heavy (non-hydrogen) atoms. The first kappa shape index (κ1) is 14.9. The lowest BCUT2D eigenvalue weighted by molar-refractivity contribution is 0.0675. The number of hydrogen-bond donors (Lipinski definition) is 1. The number of carbonyl (C=O) groups excluding carboxylic acids is 1. The summed E-state index contributed by atoms with van der Waals surface area (Å²) in [6.07, 6.45) is 0. The van der Waals surface area contributed by atoms with Gasteiger partial charge in [-0.05, 0) is 25.0 Å². The molecule has 1 fully saturated rings. The Morgan fingerprint density at radius 1 is 1.25 bits per heavy atom. The smallest absolute Gasteiger partial charge is 0.336 e. The molecule has 0 radical (unpaired) electrons. The highest BCUT2D eigenvalue weighted by Gasteiger charge is 2.28. The molecule has 108 valence electrons. The fourth-order valence-corrected chi connectivity index (χ4v) is 3.54. The second-order valence-electron chi connectivity index (χ2n) is 5.19. The number of aryl methyl sites for hydroxylation is 2. The Morgan fingerprint density at radius 3 is 2.40 bits per heavy atom. The molecule has 1 aromatic carbocycles. The van der Waals surface area contributed by atoms with Gasteiger partial charge in [0.2, 0.25) is 0 Å². The van der Waals surface area contributed by atoms with Gasteiger partial charge in [0, 0.05) is 24.1 Å². The first-order valence-electron chi connectivity index (χ1n) is 6.66. The van der Waals surface area contributed by atoms with E-state index in [0.717, 1.165) is 11.3 Å². The van der Waals surface area contributed by atoms with Crippen LogP contribution in [-0.2, 0) is 0 Å². The van der Waals surface area contributed by atoms with Gasteiger partial charge in [0.15, 0.2) is 0 Å². The molecule has 1 aromatic rings. The summed E-state index contributed by atoms with van der Waals surface area (Å²) in [6, 6.07) is 3.57. The summed E-state index contributed by atoms with van der Waals surface area (Å²) >= 11 is 1.84. The molecular formula is C15H19NO3S. The molecule has 1 aliphatic rings. The third-order valence-corrected chi connectivity index (χ3v) is 4.71. The van der Waals surface area contributed by atoms with E-state index in [1.165, 1.54) is 0 Å². The third kappa shape index (κ3) is 2.82. The van der Waals surface area contributed by atoms with Crippen molar-refractivity contribution in [2.24, 2.45) is 0 Å². The van der Waals surface area contributed by atoms with Crippen LogP contribution in [0.15, 0.2) is 12.1 Å². The molecule has 1 heterocycles. The van der Waals surface area contributed by atoms with Gasteiger partial charge in [0.05, 0.1) is 11.1 Å². The zero-order valence-corrected chi connectivity index (χ0v) is 12.8. The van der Waals surface area contributed by atoms with E-state index in [1.807, 2.05) is 17.8 Å². The van der Waals surface area contributed by atoms with Crippen molar-refractivity contribution in [3.63, 3.8) is 0 Å². The van der Waals surface area contributed by atoms with E-state index in [-0.39, 0.29) is 11.5 Å². The molecular weight excluding hydrogens is 274 g/mol. The summed E-state index contributed by atoms with van der Waals surface area (Å²) in [5, 5.41) is 9.79. The molecule has 4 nitrogen and oxygen atoms in total. The van der Waals surface area contributed by atoms with Crippen LogP contribution in [0.2, 0.25) is 0 Å². The Morgan fingerprint density at radius 2 is 1.85 bits per heavy atom. The standard InChI is InChI=1S/C15H19NO3S/c1-9-4-5-10(2)13(15(18)19)12(9)14(17)16-6-7-20-11(3)8-16/h4-5,11H,6-8H2,1-3H3,(H,18,19). The number of hydrogen-bond acceptors (Lipinski definition) is 3. The van der Waals surface area contributed by atoms with Crippen molar-refractivity contribution < 1.29 is 14.7 Å². The Balaban J connectivity index is 2.43. The van der Waals surface area contributed by atoms with E-state index in [4.69, 9.17) is 0 Å². The number of aromatic carboxylic acids is 1. The Kier molecular flexibility index (Phi) is 4.38. The lowest BCUT2D eigenvalue weighted by atomic mass is 9.96. The van der Waals surface area contributed by atoms with E-state index in [0.29, 0.717) is 29.5 Å². The number of amides is 1. The topological polar surface area (TPSA) is 57.6 Å². The number of carboxylic acid groups (broad SMARTS) is 1. The van der Waals surface area contributed by atoms with Crippen molar-refractivity contribution in [3.05, 3.63) is 34.4 Å². The molecule has 0 saturated carbocycles. The largest absolute Gasteiger partial charge is 0.478 e. The molecule has 1 N–H and O–H groups in total. The number of nitrogens with zero attached hydrogens (tertiary/aromatic N) is 1. The van der Waals surface area contributed by atoms with Crippen molar-refractivity contribution in [3.8, 4) is 0 Å². The average Bonchev–Trinajstić information content (AvgIpc) is 2.40. The number of benzene rings is 1. The summed E-state index contributed by atoms with van der Waals surface area (Å²) in [7, 11) is 0. The number of thioether (sulfide) groups is 1. The van der Waals surface area contributed by atoms with Crippen LogP contribution in [0.5, 0.6) is 0 Å². The van der Waals surface area contributed by atoms with Crippen molar-refractivity contribution in [2.75, 3.05) is 18.8 Å². The lowest BCUT2D eigenvalue weighted by Gasteiger charge is -2.31. The molecule has 1 amide bonds. The first-order chi connectivity index (χ1) is 9.41. The van der Waals surface area contributed by atoms with Gasteiger partial charge in [-0.2, -0.15) is 11.8 Å². The van der Waals surface area contributed by atoms with Crippen molar-refractivity contribution in [1.29, 1.82) is 0 Å². The maximum atomic E-state index is 12.7. The normalized spacial score (nSPS) is 18.9. The predicted octanol–water partition coefficient (Wildman–Crippen LogP) is 2.58. The average molecular weight is 293 g/mol. The van der Waals surface area contributed by atoms with Crippen molar-refractivity contribution >= 4 is 23.6 Å². The maximum Gasteiger partial charge on any atom is 0.336 e. The molecule has 1 atom stereocenters. The summed E-state index contributed by atoms with van der Waals surface area (Å²) < 4.78 is 0. The SMILES string of the molecule is Cc1ccc(C)c(C(=O)N2CCSC(C)C2)c1C(=O)O. The molecule has 0 aromatic heterocycles. The molecule has 1 unspecified atom stereocenters. The number of carboxylic acids is 1. The Labute approximate surface area is 123 Å². The highest BCUT2D eigenvalue weighted by atomic mass is 32.2. The van der Waals surface area contributed by atoms with Gasteiger partial charge in [0.25, 0.3) is 5.91 Å². The predicted molar refractivity (Wildman–Crippen MR) is 80.7 cm³/mol. The van der Waals surface area contributed by atoms with Crippen LogP contribution in [0.4, 0.5) is 0 Å². The number of rotatable bonds is 2. The summed E-state index contributed by atoms with van der Waals surface area (Å²) in [6.45, 7) is 6.97. The van der Waals surface area contributed by atoms with Crippen LogP contribution in [0.25, 0.3) is 0 Å². The monoisotopic (exact) mass is 293 g/mol. The Bertz CT molecular complexity index is 556. The summed E-state index contributed by atoms with van der Waals surface area (Å²) in [5.41, 5.74) is 1.84. The lowest BCUT2D eigenvalue weighted by Crippen LogP contribution is -2.41. The molecule has 1 saturated heterocycles. The molecule has 0 aliphatic carbocycles. The highest BCUT2D eigenvalue weighted by Crippen LogP contribution is 2.24. The molecule has 0 spiro atoms. The summed E-state index contributed by atoms with van der Waals surface area (Å²) in [4.78, 5) is 25.9. The highest BCUT2D eigenvalue weighted by molar-refractivity contribution is 7.99.